The molecule has 0 unspecified atom stereocenters. The van der Waals surface area contributed by atoms with Gasteiger partial charge in [-0.05, 0) is 38.0 Å². The SMILES string of the molecule is C=CC(=O)N1CCC[C@]1(C)C#Cc1cnccc1-c1[nH]c2c(c1Nc1cc(F)cc(Cl)c1OC)C(=O)NCC2. The van der Waals surface area contributed by atoms with Crippen molar-refractivity contribution in [2.75, 3.05) is 25.5 Å². The standard InChI is InChI=1S/C29H27ClFN5O3/c1-4-23(37)36-13-5-9-29(36,2)10-6-17-16-32-11-7-19(17)25-26(24-21(34-25)8-12-33-28(24)38)35-22-15-18(31)14-20(30)27(22)39-3/h4,7,11,14-16,34-35H,1,5,8-9,12-13H2,2-3H3,(H,33,38)/t29-/m1/s1. The molecule has 39 heavy (non-hydrogen) atoms. The number of methoxy groups -OCH3 is 1. The van der Waals surface area contributed by atoms with Gasteiger partial charge in [0.05, 0.1) is 40.3 Å². The monoisotopic (exact) mass is 547 g/mol. The zero-order valence-electron chi connectivity index (χ0n) is 21.6. The number of aromatic amines is 1. The molecule has 10 heteroatoms. The number of fused-ring (bicyclic) bond motifs is 1. The Bertz CT molecular complexity index is 1560. The highest BCUT2D eigenvalue weighted by Crippen LogP contribution is 2.42. The number of amides is 2. The van der Waals surface area contributed by atoms with Gasteiger partial charge in [0.2, 0.25) is 5.91 Å². The fourth-order valence-corrected chi connectivity index (χ4v) is 5.46. The first kappa shape index (κ1) is 26.3. The van der Waals surface area contributed by atoms with Crippen LogP contribution in [0.1, 0.15) is 41.4 Å². The Morgan fingerprint density at radius 3 is 3.00 bits per heavy atom. The van der Waals surface area contributed by atoms with E-state index in [0.717, 1.165) is 24.6 Å². The van der Waals surface area contributed by atoms with E-state index in [1.165, 1.54) is 19.3 Å². The molecule has 1 saturated heterocycles. The summed E-state index contributed by atoms with van der Waals surface area (Å²) in [6.07, 6.45) is 6.74. The van der Waals surface area contributed by atoms with Crippen LogP contribution < -0.4 is 15.4 Å². The molecule has 0 saturated carbocycles. The molecule has 1 fully saturated rings. The average molecular weight is 548 g/mol. The van der Waals surface area contributed by atoms with Gasteiger partial charge in [0.15, 0.2) is 5.75 Å². The Morgan fingerprint density at radius 1 is 1.41 bits per heavy atom. The van der Waals surface area contributed by atoms with Crippen molar-refractivity contribution in [3.8, 4) is 28.8 Å². The van der Waals surface area contributed by atoms with E-state index in [1.807, 2.05) is 6.92 Å². The number of carbonyl (C=O) groups is 2. The third-order valence-corrected chi connectivity index (χ3v) is 7.36. The predicted molar refractivity (Wildman–Crippen MR) is 148 cm³/mol. The largest absolute Gasteiger partial charge is 0.493 e. The van der Waals surface area contributed by atoms with Crippen LogP contribution in [-0.4, -0.2) is 52.4 Å². The Labute approximate surface area is 230 Å². The predicted octanol–water partition coefficient (Wildman–Crippen LogP) is 4.83. The Hall–Kier alpha value is -4.29. The number of aromatic nitrogens is 2. The summed E-state index contributed by atoms with van der Waals surface area (Å²) < 4.78 is 19.8. The molecule has 3 N–H and O–H groups in total. The highest BCUT2D eigenvalue weighted by Gasteiger charge is 2.37. The van der Waals surface area contributed by atoms with Crippen molar-refractivity contribution >= 4 is 34.8 Å². The number of ether oxygens (including phenoxy) is 1. The normalized spacial score (nSPS) is 18.1. The number of anilines is 2. The van der Waals surface area contributed by atoms with E-state index in [1.54, 1.807) is 23.4 Å². The molecule has 8 nitrogen and oxygen atoms in total. The molecule has 2 amide bonds. The summed E-state index contributed by atoms with van der Waals surface area (Å²) in [6.45, 7) is 6.65. The lowest BCUT2D eigenvalue weighted by Crippen LogP contribution is -2.43. The van der Waals surface area contributed by atoms with Crippen molar-refractivity contribution in [1.82, 2.24) is 20.2 Å². The van der Waals surface area contributed by atoms with Crippen LogP contribution in [0.5, 0.6) is 5.75 Å². The molecule has 2 aliphatic heterocycles. The molecule has 1 atom stereocenters. The smallest absolute Gasteiger partial charge is 0.255 e. The highest BCUT2D eigenvalue weighted by molar-refractivity contribution is 6.32. The molecule has 5 rings (SSSR count). The van der Waals surface area contributed by atoms with Gasteiger partial charge in [0, 0.05) is 49.2 Å². The molecule has 2 aromatic heterocycles. The maximum absolute atomic E-state index is 14.3. The number of hydrogen-bond acceptors (Lipinski definition) is 5. The summed E-state index contributed by atoms with van der Waals surface area (Å²) in [7, 11) is 1.44. The number of carbonyl (C=O) groups excluding carboxylic acids is 2. The summed E-state index contributed by atoms with van der Waals surface area (Å²) in [5.74, 6) is 5.78. The number of hydrogen-bond donors (Lipinski definition) is 3. The van der Waals surface area contributed by atoms with Crippen molar-refractivity contribution < 1.29 is 18.7 Å². The van der Waals surface area contributed by atoms with Gasteiger partial charge in [-0.15, -0.1) is 0 Å². The zero-order valence-corrected chi connectivity index (χ0v) is 22.3. The number of nitrogens with zero attached hydrogens (tertiary/aromatic N) is 2. The summed E-state index contributed by atoms with van der Waals surface area (Å²) in [6, 6.07) is 4.21. The molecular formula is C29H27ClFN5O3. The lowest BCUT2D eigenvalue weighted by Gasteiger charge is -2.29. The van der Waals surface area contributed by atoms with E-state index in [2.05, 4.69) is 39.0 Å². The van der Waals surface area contributed by atoms with Gasteiger partial charge in [-0.2, -0.15) is 0 Å². The Morgan fingerprint density at radius 2 is 2.23 bits per heavy atom. The minimum absolute atomic E-state index is 0.0919. The van der Waals surface area contributed by atoms with Crippen molar-refractivity contribution in [1.29, 1.82) is 0 Å². The summed E-state index contributed by atoms with van der Waals surface area (Å²) >= 11 is 6.24. The number of likely N-dealkylation sites (tertiary alicyclic amines) is 1. The van der Waals surface area contributed by atoms with Crippen LogP contribution >= 0.6 is 11.6 Å². The number of nitrogens with one attached hydrogen (secondary N) is 3. The fraction of sp³-hybridized carbons (Fsp3) is 0.276. The van der Waals surface area contributed by atoms with E-state index in [4.69, 9.17) is 16.3 Å². The molecule has 3 aromatic rings. The van der Waals surface area contributed by atoms with Crippen molar-refractivity contribution in [2.45, 2.75) is 31.7 Å². The maximum Gasteiger partial charge on any atom is 0.255 e. The summed E-state index contributed by atoms with van der Waals surface area (Å²) in [5, 5.41) is 6.16. The average Bonchev–Trinajstić information content (AvgIpc) is 3.48. The van der Waals surface area contributed by atoms with Crippen LogP contribution in [0.2, 0.25) is 5.02 Å². The fourth-order valence-electron chi connectivity index (χ4n) is 5.17. The van der Waals surface area contributed by atoms with E-state index in [-0.39, 0.29) is 28.3 Å². The van der Waals surface area contributed by atoms with Gasteiger partial charge in [0.1, 0.15) is 11.4 Å². The molecule has 1 aromatic carbocycles. The molecule has 0 radical (unpaired) electrons. The van der Waals surface area contributed by atoms with Crippen molar-refractivity contribution in [3.63, 3.8) is 0 Å². The first-order chi connectivity index (χ1) is 18.8. The molecule has 0 bridgehead atoms. The van der Waals surface area contributed by atoms with Crippen LogP contribution in [0.4, 0.5) is 15.8 Å². The third kappa shape index (κ3) is 4.84. The second kappa shape index (κ2) is 10.5. The second-order valence-corrected chi connectivity index (χ2v) is 9.98. The van der Waals surface area contributed by atoms with Gasteiger partial charge < -0.3 is 25.3 Å². The van der Waals surface area contributed by atoms with Crippen molar-refractivity contribution in [2.24, 2.45) is 0 Å². The van der Waals surface area contributed by atoms with Crippen LogP contribution in [-0.2, 0) is 11.2 Å². The molecule has 0 spiro atoms. The van der Waals surface area contributed by atoms with Crippen LogP contribution in [0.3, 0.4) is 0 Å². The number of H-pyrrole nitrogens is 1. The topological polar surface area (TPSA) is 99.3 Å². The number of halogens is 2. The van der Waals surface area contributed by atoms with E-state index in [9.17, 15) is 14.0 Å². The number of pyridine rings is 1. The number of rotatable bonds is 5. The minimum atomic E-state index is -0.653. The van der Waals surface area contributed by atoms with Gasteiger partial charge in [-0.3, -0.25) is 14.6 Å². The molecule has 200 valence electrons. The second-order valence-electron chi connectivity index (χ2n) is 9.57. The first-order valence-corrected chi connectivity index (χ1v) is 12.9. The Balaban J connectivity index is 1.64. The van der Waals surface area contributed by atoms with Gasteiger partial charge in [-0.1, -0.05) is 30.0 Å². The molecule has 0 aliphatic carbocycles. The number of benzene rings is 1. The van der Waals surface area contributed by atoms with Crippen LogP contribution in [0.25, 0.3) is 11.3 Å². The zero-order chi connectivity index (χ0) is 27.7. The van der Waals surface area contributed by atoms with E-state index < -0.39 is 11.4 Å². The van der Waals surface area contributed by atoms with Crippen LogP contribution in [0, 0.1) is 17.7 Å². The van der Waals surface area contributed by atoms with E-state index >= 15 is 0 Å². The first-order valence-electron chi connectivity index (χ1n) is 12.5. The quantitative estimate of drug-likeness (QED) is 0.314. The molecule has 2 aliphatic rings. The molecular weight excluding hydrogens is 521 g/mol. The van der Waals surface area contributed by atoms with Gasteiger partial charge >= 0.3 is 0 Å². The highest BCUT2D eigenvalue weighted by atomic mass is 35.5. The minimum Gasteiger partial charge on any atom is -0.493 e. The summed E-state index contributed by atoms with van der Waals surface area (Å²) in [5.41, 5.74) is 3.07. The maximum atomic E-state index is 14.3. The van der Waals surface area contributed by atoms with E-state index in [0.29, 0.717) is 47.6 Å². The summed E-state index contributed by atoms with van der Waals surface area (Å²) in [4.78, 5) is 34.8. The lowest BCUT2D eigenvalue weighted by atomic mass is 9.97. The third-order valence-electron chi connectivity index (χ3n) is 7.08. The van der Waals surface area contributed by atoms with Gasteiger partial charge in [0.25, 0.3) is 5.91 Å². The van der Waals surface area contributed by atoms with Crippen molar-refractivity contribution in [3.05, 3.63) is 70.9 Å². The molecule has 4 heterocycles. The van der Waals surface area contributed by atoms with Gasteiger partial charge in [-0.25, -0.2) is 4.39 Å². The Kier molecular flexibility index (Phi) is 7.06. The van der Waals surface area contributed by atoms with Crippen LogP contribution in [0.15, 0.2) is 43.2 Å². The lowest BCUT2D eigenvalue weighted by molar-refractivity contribution is -0.127.